The molecule has 8 heteroatoms. The Balaban J connectivity index is 1.39. The summed E-state index contributed by atoms with van der Waals surface area (Å²) >= 11 is 1.63. The number of hydrogen-bond donors (Lipinski definition) is 2. The minimum Gasteiger partial charge on any atom is -0.492 e. The Bertz CT molecular complexity index is 1130. The van der Waals surface area contributed by atoms with Crippen LogP contribution in [0.5, 0.6) is 5.75 Å². The van der Waals surface area contributed by atoms with E-state index in [4.69, 9.17) is 9.72 Å². The van der Waals surface area contributed by atoms with Gasteiger partial charge in [-0.3, -0.25) is 9.62 Å². The van der Waals surface area contributed by atoms with Crippen LogP contribution in [0, 0.1) is 6.92 Å². The zero-order valence-corrected chi connectivity index (χ0v) is 22.9. The van der Waals surface area contributed by atoms with Gasteiger partial charge in [0.1, 0.15) is 18.2 Å². The first-order valence-electron chi connectivity index (χ1n) is 12.6. The molecule has 0 spiro atoms. The maximum Gasteiger partial charge on any atom is 0.231 e. The first kappa shape index (κ1) is 26.3. The molecule has 0 amide bonds. The molecule has 2 N–H and O–H groups in total. The normalized spacial score (nSPS) is 14.1. The van der Waals surface area contributed by atoms with Crippen LogP contribution in [-0.2, 0) is 0 Å². The van der Waals surface area contributed by atoms with Gasteiger partial charge in [-0.1, -0.05) is 6.07 Å². The molecule has 2 heterocycles. The zero-order valence-electron chi connectivity index (χ0n) is 22.0. The Morgan fingerprint density at radius 2 is 1.83 bits per heavy atom. The van der Waals surface area contributed by atoms with Crippen LogP contribution >= 0.6 is 11.9 Å². The Labute approximate surface area is 219 Å². The van der Waals surface area contributed by atoms with Gasteiger partial charge in [-0.15, -0.1) is 0 Å². The van der Waals surface area contributed by atoms with E-state index in [1.807, 2.05) is 55.4 Å². The minimum atomic E-state index is 0.0365. The van der Waals surface area contributed by atoms with Crippen molar-refractivity contribution < 1.29 is 4.74 Å². The Morgan fingerprint density at radius 3 is 2.56 bits per heavy atom. The number of benzene rings is 2. The first-order valence-corrected chi connectivity index (χ1v) is 13.4. The summed E-state index contributed by atoms with van der Waals surface area (Å²) in [5.41, 5.74) is 3.01. The molecule has 2 aromatic carbocycles. The molecular weight excluding hydrogens is 468 g/mol. The highest BCUT2D eigenvalue weighted by atomic mass is 32.2. The van der Waals surface area contributed by atoms with Crippen molar-refractivity contribution in [2.75, 3.05) is 43.5 Å². The minimum absolute atomic E-state index is 0.0365. The van der Waals surface area contributed by atoms with Crippen LogP contribution < -0.4 is 19.7 Å². The summed E-state index contributed by atoms with van der Waals surface area (Å²) in [6.45, 7) is 12.6. The third-order valence-corrected chi connectivity index (χ3v) is 7.13. The molecule has 0 unspecified atom stereocenters. The number of likely N-dealkylation sites (tertiary alicyclic amines) is 1. The maximum absolute atomic E-state index is 5.95. The summed E-state index contributed by atoms with van der Waals surface area (Å²) in [4.78, 5) is 15.0. The van der Waals surface area contributed by atoms with Gasteiger partial charge in [0.05, 0.1) is 0 Å². The standard InChI is InChI=1S/C28H38N6OS/c1-21-20-29-27(31-26(21)30-22-9-8-10-25(19-22)36-32-28(2,3)4)33(5)23-11-13-24(14-12-23)35-18-17-34-15-6-7-16-34/h8-14,19-20,32H,6-7,15-18H2,1-5H3,(H,29,30,31). The molecule has 3 aromatic rings. The van der Waals surface area contributed by atoms with Gasteiger partial charge in [0, 0.05) is 47.2 Å². The number of ether oxygens (including phenoxy) is 1. The smallest absolute Gasteiger partial charge is 0.231 e. The molecular formula is C28H38N6OS. The fourth-order valence-corrected chi connectivity index (χ4v) is 4.64. The largest absolute Gasteiger partial charge is 0.492 e. The lowest BCUT2D eigenvalue weighted by atomic mass is 10.1. The van der Waals surface area contributed by atoms with Crippen LogP contribution in [0.4, 0.5) is 23.1 Å². The van der Waals surface area contributed by atoms with Crippen LogP contribution in [0.3, 0.4) is 0 Å². The Morgan fingerprint density at radius 1 is 1.08 bits per heavy atom. The molecule has 1 aliphatic rings. The lowest BCUT2D eigenvalue weighted by Crippen LogP contribution is -2.29. The van der Waals surface area contributed by atoms with E-state index < -0.39 is 0 Å². The van der Waals surface area contributed by atoms with Crippen molar-refractivity contribution in [3.8, 4) is 5.75 Å². The average molecular weight is 507 g/mol. The fourth-order valence-electron chi connectivity index (χ4n) is 3.89. The fraction of sp³-hybridized carbons (Fsp3) is 0.429. The van der Waals surface area contributed by atoms with Crippen molar-refractivity contribution >= 4 is 35.1 Å². The monoisotopic (exact) mass is 506 g/mol. The number of aryl methyl sites for hydroxylation is 1. The van der Waals surface area contributed by atoms with E-state index in [2.05, 4.69) is 58.9 Å². The number of rotatable bonds is 10. The summed E-state index contributed by atoms with van der Waals surface area (Å²) in [6, 6.07) is 16.4. The average Bonchev–Trinajstić information content (AvgIpc) is 3.38. The number of aromatic nitrogens is 2. The summed E-state index contributed by atoms with van der Waals surface area (Å²) in [5, 5.41) is 3.47. The predicted octanol–water partition coefficient (Wildman–Crippen LogP) is 6.17. The van der Waals surface area contributed by atoms with Gasteiger partial charge in [0.15, 0.2) is 0 Å². The third kappa shape index (κ3) is 7.59. The third-order valence-electron chi connectivity index (χ3n) is 5.93. The van der Waals surface area contributed by atoms with Gasteiger partial charge in [0.25, 0.3) is 0 Å². The summed E-state index contributed by atoms with van der Waals surface area (Å²) in [6.07, 6.45) is 4.47. The second kappa shape index (κ2) is 12.0. The van der Waals surface area contributed by atoms with Crippen molar-refractivity contribution in [2.45, 2.75) is 51.0 Å². The van der Waals surface area contributed by atoms with Gasteiger partial charge < -0.3 is 15.0 Å². The van der Waals surface area contributed by atoms with Crippen LogP contribution in [0.15, 0.2) is 59.6 Å². The highest BCUT2D eigenvalue weighted by molar-refractivity contribution is 7.97. The Hall–Kier alpha value is -2.81. The molecule has 192 valence electrons. The molecule has 36 heavy (non-hydrogen) atoms. The predicted molar refractivity (Wildman–Crippen MR) is 151 cm³/mol. The molecule has 1 fully saturated rings. The second-order valence-corrected chi connectivity index (χ2v) is 11.1. The van der Waals surface area contributed by atoms with Crippen molar-refractivity contribution in [1.82, 2.24) is 19.6 Å². The number of nitrogens with one attached hydrogen (secondary N) is 2. The molecule has 0 atom stereocenters. The molecule has 0 radical (unpaired) electrons. The highest BCUT2D eigenvalue weighted by Crippen LogP contribution is 2.28. The van der Waals surface area contributed by atoms with E-state index in [9.17, 15) is 0 Å². The molecule has 4 rings (SSSR count). The highest BCUT2D eigenvalue weighted by Gasteiger charge is 2.13. The van der Waals surface area contributed by atoms with E-state index >= 15 is 0 Å². The van der Waals surface area contributed by atoms with Crippen molar-refractivity contribution in [2.24, 2.45) is 0 Å². The Kier molecular flexibility index (Phi) is 8.72. The van der Waals surface area contributed by atoms with E-state index in [-0.39, 0.29) is 5.54 Å². The van der Waals surface area contributed by atoms with E-state index in [1.54, 1.807) is 11.9 Å². The quantitative estimate of drug-likeness (QED) is 0.317. The van der Waals surface area contributed by atoms with E-state index in [0.29, 0.717) is 5.95 Å². The lowest BCUT2D eigenvalue weighted by Gasteiger charge is -2.20. The molecule has 7 nitrogen and oxygen atoms in total. The van der Waals surface area contributed by atoms with Crippen LogP contribution in [0.25, 0.3) is 0 Å². The van der Waals surface area contributed by atoms with Gasteiger partial charge in [0.2, 0.25) is 5.95 Å². The first-order chi connectivity index (χ1) is 17.3. The number of nitrogens with zero attached hydrogens (tertiary/aromatic N) is 4. The SMILES string of the molecule is Cc1cnc(N(C)c2ccc(OCCN3CCCC3)cc2)nc1Nc1cccc(SNC(C)(C)C)c1. The molecule has 1 aliphatic heterocycles. The van der Waals surface area contributed by atoms with Gasteiger partial charge in [-0.25, -0.2) is 4.98 Å². The summed E-state index contributed by atoms with van der Waals surface area (Å²) in [7, 11) is 1.98. The molecule has 0 saturated carbocycles. The van der Waals surface area contributed by atoms with E-state index in [0.717, 1.165) is 46.6 Å². The van der Waals surface area contributed by atoms with Crippen LogP contribution in [-0.4, -0.2) is 53.7 Å². The zero-order chi connectivity index (χ0) is 25.5. The van der Waals surface area contributed by atoms with Gasteiger partial charge >= 0.3 is 0 Å². The summed E-state index contributed by atoms with van der Waals surface area (Å²) in [5.74, 6) is 2.31. The van der Waals surface area contributed by atoms with Crippen molar-refractivity contribution in [1.29, 1.82) is 0 Å². The molecule has 0 bridgehead atoms. The summed E-state index contributed by atoms with van der Waals surface area (Å²) < 4.78 is 9.40. The molecule has 1 aromatic heterocycles. The molecule has 0 aliphatic carbocycles. The lowest BCUT2D eigenvalue weighted by molar-refractivity contribution is 0.238. The van der Waals surface area contributed by atoms with Crippen LogP contribution in [0.2, 0.25) is 0 Å². The maximum atomic E-state index is 5.95. The number of hydrogen-bond acceptors (Lipinski definition) is 8. The van der Waals surface area contributed by atoms with Gasteiger partial charge in [-0.05, 0) is 108 Å². The molecule has 1 saturated heterocycles. The van der Waals surface area contributed by atoms with Crippen molar-refractivity contribution in [3.63, 3.8) is 0 Å². The van der Waals surface area contributed by atoms with Crippen LogP contribution in [0.1, 0.15) is 39.2 Å². The van der Waals surface area contributed by atoms with Gasteiger partial charge in [-0.2, -0.15) is 4.98 Å². The number of anilines is 4. The van der Waals surface area contributed by atoms with Crippen molar-refractivity contribution in [3.05, 3.63) is 60.3 Å². The topological polar surface area (TPSA) is 65.5 Å². The van der Waals surface area contributed by atoms with E-state index in [1.165, 1.54) is 25.9 Å². The second-order valence-electron chi connectivity index (χ2n) is 10.3.